The minimum Gasteiger partial charge on any atom is -0.378 e. The number of nitrogens with two attached hydrogens (primary N) is 1. The molecule has 32 heavy (non-hydrogen) atoms. The molecule has 1 aromatic carbocycles. The molecule has 0 saturated carbocycles. The first kappa shape index (κ1) is 21.2. The van der Waals surface area contributed by atoms with Gasteiger partial charge in [-0.05, 0) is 24.8 Å². The van der Waals surface area contributed by atoms with E-state index in [9.17, 15) is 4.79 Å². The van der Waals surface area contributed by atoms with E-state index in [4.69, 9.17) is 20.4 Å². The van der Waals surface area contributed by atoms with Gasteiger partial charge in [0.25, 0.3) is 0 Å². The molecule has 1 atom stereocenters. The number of hydrogen-bond donors (Lipinski definition) is 1. The fourth-order valence-electron chi connectivity index (χ4n) is 5.00. The minimum absolute atomic E-state index is 0.112. The fraction of sp³-hybridized carbons (Fsp3) is 0.542. The second-order valence-corrected chi connectivity index (χ2v) is 9.01. The van der Waals surface area contributed by atoms with Gasteiger partial charge in [-0.25, -0.2) is 4.98 Å². The molecule has 8 nitrogen and oxygen atoms in total. The third-order valence-corrected chi connectivity index (χ3v) is 6.78. The molecule has 3 aliphatic heterocycles. The molecule has 0 radical (unpaired) electrons. The molecule has 2 N–H and O–H groups in total. The average molecular weight is 437 g/mol. The minimum atomic E-state index is -0.208. The lowest BCUT2D eigenvalue weighted by atomic mass is 9.96. The Bertz CT molecular complexity index is 947. The first-order valence-corrected chi connectivity index (χ1v) is 11.7. The molecule has 1 aromatic heterocycles. The number of primary amides is 1. The number of anilines is 2. The number of rotatable bonds is 5. The Kier molecular flexibility index (Phi) is 6.23. The highest BCUT2D eigenvalue weighted by Crippen LogP contribution is 2.32. The Morgan fingerprint density at radius 3 is 2.66 bits per heavy atom. The molecule has 2 fully saturated rings. The standard InChI is InChI=1S/C24H32N6O2/c25-22(31)19-7-4-9-30(16-19)23-20-8-10-28(15-18-5-2-1-3-6-18)17-21(20)26-24(27-23)29-11-13-32-14-12-29/h1-3,5-6,19H,4,7-17H2,(H2,25,31)/t19-/m0/s1. The van der Waals surface area contributed by atoms with E-state index in [0.717, 1.165) is 76.0 Å². The van der Waals surface area contributed by atoms with Crippen molar-refractivity contribution >= 4 is 17.7 Å². The number of amides is 1. The van der Waals surface area contributed by atoms with Crippen molar-refractivity contribution in [2.45, 2.75) is 32.4 Å². The average Bonchev–Trinajstić information content (AvgIpc) is 2.84. The summed E-state index contributed by atoms with van der Waals surface area (Å²) in [6, 6.07) is 10.6. The first-order chi connectivity index (χ1) is 15.7. The maximum Gasteiger partial charge on any atom is 0.227 e. The predicted octanol–water partition coefficient (Wildman–Crippen LogP) is 1.57. The predicted molar refractivity (Wildman–Crippen MR) is 123 cm³/mol. The van der Waals surface area contributed by atoms with Gasteiger partial charge in [0.15, 0.2) is 0 Å². The van der Waals surface area contributed by atoms with E-state index in [1.807, 2.05) is 0 Å². The summed E-state index contributed by atoms with van der Waals surface area (Å²) in [5.74, 6) is 1.46. The Hall–Kier alpha value is -2.71. The summed E-state index contributed by atoms with van der Waals surface area (Å²) >= 11 is 0. The van der Waals surface area contributed by atoms with Gasteiger partial charge < -0.3 is 20.3 Å². The molecule has 1 amide bonds. The molecule has 0 spiro atoms. The normalized spacial score (nSPS) is 21.9. The zero-order chi connectivity index (χ0) is 21.9. The molecular weight excluding hydrogens is 404 g/mol. The molecule has 0 aliphatic carbocycles. The van der Waals surface area contributed by atoms with Crippen LogP contribution in [0.1, 0.15) is 29.7 Å². The van der Waals surface area contributed by atoms with Gasteiger partial charge in [-0.15, -0.1) is 0 Å². The Morgan fingerprint density at radius 2 is 1.88 bits per heavy atom. The molecule has 0 bridgehead atoms. The monoisotopic (exact) mass is 436 g/mol. The third kappa shape index (κ3) is 4.56. The number of carbonyl (C=O) groups is 1. The van der Waals surface area contributed by atoms with Crippen molar-refractivity contribution in [1.29, 1.82) is 0 Å². The van der Waals surface area contributed by atoms with E-state index in [-0.39, 0.29) is 11.8 Å². The van der Waals surface area contributed by atoms with Crippen molar-refractivity contribution in [2.75, 3.05) is 55.7 Å². The zero-order valence-electron chi connectivity index (χ0n) is 18.6. The van der Waals surface area contributed by atoms with Gasteiger partial charge in [0, 0.05) is 51.4 Å². The lowest BCUT2D eigenvalue weighted by molar-refractivity contribution is -0.122. The highest BCUT2D eigenvalue weighted by Gasteiger charge is 2.31. The number of benzene rings is 1. The first-order valence-electron chi connectivity index (χ1n) is 11.7. The van der Waals surface area contributed by atoms with Gasteiger partial charge in [-0.2, -0.15) is 4.98 Å². The van der Waals surface area contributed by atoms with Gasteiger partial charge in [0.2, 0.25) is 11.9 Å². The van der Waals surface area contributed by atoms with Crippen molar-refractivity contribution in [2.24, 2.45) is 11.7 Å². The summed E-state index contributed by atoms with van der Waals surface area (Å²) in [6.45, 7) is 7.25. The van der Waals surface area contributed by atoms with Crippen molar-refractivity contribution in [3.63, 3.8) is 0 Å². The number of ether oxygens (including phenoxy) is 1. The van der Waals surface area contributed by atoms with E-state index in [1.165, 1.54) is 11.1 Å². The van der Waals surface area contributed by atoms with Crippen LogP contribution in [0.4, 0.5) is 11.8 Å². The summed E-state index contributed by atoms with van der Waals surface area (Å²) in [7, 11) is 0. The molecule has 8 heteroatoms. The van der Waals surface area contributed by atoms with Crippen molar-refractivity contribution < 1.29 is 9.53 Å². The number of hydrogen-bond acceptors (Lipinski definition) is 7. The molecule has 0 unspecified atom stereocenters. The maximum absolute atomic E-state index is 11.9. The van der Waals surface area contributed by atoms with Crippen LogP contribution in [-0.2, 0) is 29.0 Å². The number of carbonyl (C=O) groups excluding carboxylic acids is 1. The summed E-state index contributed by atoms with van der Waals surface area (Å²) in [6.07, 6.45) is 2.73. The Labute approximate surface area is 189 Å². The van der Waals surface area contributed by atoms with Crippen LogP contribution < -0.4 is 15.5 Å². The van der Waals surface area contributed by atoms with Gasteiger partial charge >= 0.3 is 0 Å². The molecule has 2 aromatic rings. The van der Waals surface area contributed by atoms with Gasteiger partial charge in [0.05, 0.1) is 24.8 Å². The molecule has 3 aliphatic rings. The van der Waals surface area contributed by atoms with E-state index in [0.29, 0.717) is 19.8 Å². The van der Waals surface area contributed by atoms with Crippen LogP contribution >= 0.6 is 0 Å². The van der Waals surface area contributed by atoms with Crippen molar-refractivity contribution in [3.05, 3.63) is 47.2 Å². The lowest BCUT2D eigenvalue weighted by Crippen LogP contribution is -2.43. The summed E-state index contributed by atoms with van der Waals surface area (Å²) in [5, 5.41) is 0. The van der Waals surface area contributed by atoms with Crippen LogP contribution in [0.15, 0.2) is 30.3 Å². The van der Waals surface area contributed by atoms with E-state index < -0.39 is 0 Å². The quantitative estimate of drug-likeness (QED) is 0.761. The Balaban J connectivity index is 1.45. The third-order valence-electron chi connectivity index (χ3n) is 6.78. The number of morpholine rings is 1. The number of aromatic nitrogens is 2. The summed E-state index contributed by atoms with van der Waals surface area (Å²) < 4.78 is 5.54. The van der Waals surface area contributed by atoms with Crippen LogP contribution in [0.5, 0.6) is 0 Å². The van der Waals surface area contributed by atoms with Gasteiger partial charge in [-0.1, -0.05) is 30.3 Å². The Morgan fingerprint density at radius 1 is 1.06 bits per heavy atom. The highest BCUT2D eigenvalue weighted by molar-refractivity contribution is 5.77. The molecule has 170 valence electrons. The van der Waals surface area contributed by atoms with E-state index in [1.54, 1.807) is 0 Å². The maximum atomic E-state index is 11.9. The van der Waals surface area contributed by atoms with Crippen LogP contribution in [0.3, 0.4) is 0 Å². The molecular formula is C24H32N6O2. The molecule has 4 heterocycles. The molecule has 5 rings (SSSR count). The van der Waals surface area contributed by atoms with Crippen LogP contribution in [0.2, 0.25) is 0 Å². The highest BCUT2D eigenvalue weighted by atomic mass is 16.5. The second-order valence-electron chi connectivity index (χ2n) is 9.01. The number of fused-ring (bicyclic) bond motifs is 1. The zero-order valence-corrected chi connectivity index (χ0v) is 18.6. The van der Waals surface area contributed by atoms with E-state index >= 15 is 0 Å². The summed E-state index contributed by atoms with van der Waals surface area (Å²) in [5.41, 5.74) is 9.32. The van der Waals surface area contributed by atoms with Gasteiger partial charge in [-0.3, -0.25) is 9.69 Å². The SMILES string of the molecule is NC(=O)[C@H]1CCCN(c2nc(N3CCOCC3)nc3c2CCN(Cc2ccccc2)C3)C1. The largest absolute Gasteiger partial charge is 0.378 e. The van der Waals surface area contributed by atoms with Crippen molar-refractivity contribution in [3.8, 4) is 0 Å². The van der Waals surface area contributed by atoms with Crippen molar-refractivity contribution in [1.82, 2.24) is 14.9 Å². The smallest absolute Gasteiger partial charge is 0.227 e. The topological polar surface area (TPSA) is 87.8 Å². The lowest BCUT2D eigenvalue weighted by Gasteiger charge is -2.37. The van der Waals surface area contributed by atoms with Crippen LogP contribution in [0, 0.1) is 5.92 Å². The van der Waals surface area contributed by atoms with E-state index in [2.05, 4.69) is 45.0 Å². The van der Waals surface area contributed by atoms with Gasteiger partial charge in [0.1, 0.15) is 5.82 Å². The number of piperidine rings is 1. The number of nitrogens with zero attached hydrogens (tertiary/aromatic N) is 5. The second kappa shape index (κ2) is 9.42. The summed E-state index contributed by atoms with van der Waals surface area (Å²) in [4.78, 5) is 28.9. The van der Waals surface area contributed by atoms with Crippen LogP contribution in [0.25, 0.3) is 0 Å². The van der Waals surface area contributed by atoms with Crippen LogP contribution in [-0.4, -0.2) is 66.7 Å². The fourth-order valence-corrected chi connectivity index (χ4v) is 5.00. The molecule has 2 saturated heterocycles.